The first-order valence-corrected chi connectivity index (χ1v) is 5.08. The number of pyridine rings is 1. The van der Waals surface area contributed by atoms with Gasteiger partial charge in [0.05, 0.1) is 11.1 Å². The second-order valence-electron chi connectivity index (χ2n) is 3.49. The fourth-order valence-electron chi connectivity index (χ4n) is 1.67. The normalized spacial score (nSPS) is 11.4. The minimum atomic E-state index is -0.304. The maximum atomic E-state index is 11.9. The Balaban J connectivity index is 2.66. The van der Waals surface area contributed by atoms with Gasteiger partial charge in [0, 0.05) is 6.20 Å². The highest BCUT2D eigenvalue weighted by atomic mass is 35.5. The number of fused-ring (bicyclic) bond motifs is 3. The van der Waals surface area contributed by atoms with Gasteiger partial charge in [0.1, 0.15) is 5.02 Å². The first-order valence-electron chi connectivity index (χ1n) is 4.70. The van der Waals surface area contributed by atoms with E-state index in [1.165, 1.54) is 4.52 Å². The molecular weight excluding hydrogens is 228 g/mol. The molecule has 1 N–H and O–H groups in total. The van der Waals surface area contributed by atoms with Crippen LogP contribution in [0.1, 0.15) is 5.69 Å². The third-order valence-corrected chi connectivity index (χ3v) is 2.90. The van der Waals surface area contributed by atoms with Crippen molar-refractivity contribution in [3.63, 3.8) is 0 Å². The van der Waals surface area contributed by atoms with E-state index in [-0.39, 0.29) is 10.6 Å². The molecule has 80 valence electrons. The van der Waals surface area contributed by atoms with Gasteiger partial charge in [0.15, 0.2) is 11.3 Å². The first-order chi connectivity index (χ1) is 7.68. The zero-order chi connectivity index (χ0) is 11.3. The number of nitrogens with zero attached hydrogens (tertiary/aromatic N) is 3. The minimum Gasteiger partial charge on any atom is -0.272 e. The van der Waals surface area contributed by atoms with Crippen LogP contribution in [0, 0.1) is 6.92 Å². The van der Waals surface area contributed by atoms with Crippen molar-refractivity contribution in [1.82, 2.24) is 19.6 Å². The predicted octanol–water partition coefficient (Wildman–Crippen LogP) is 1.53. The highest BCUT2D eigenvalue weighted by molar-refractivity contribution is 6.31. The molecule has 6 heteroatoms. The molecule has 3 rings (SSSR count). The highest BCUT2D eigenvalue weighted by Gasteiger charge is 2.12. The van der Waals surface area contributed by atoms with E-state index < -0.39 is 0 Å². The second-order valence-corrected chi connectivity index (χ2v) is 3.86. The summed E-state index contributed by atoms with van der Waals surface area (Å²) in [6, 6.07) is 3.65. The van der Waals surface area contributed by atoms with Crippen molar-refractivity contribution in [2.24, 2.45) is 0 Å². The average molecular weight is 235 g/mol. The van der Waals surface area contributed by atoms with Crippen molar-refractivity contribution in [1.29, 1.82) is 0 Å². The van der Waals surface area contributed by atoms with Crippen molar-refractivity contribution in [3.8, 4) is 0 Å². The van der Waals surface area contributed by atoms with E-state index in [1.807, 2.05) is 6.07 Å². The van der Waals surface area contributed by atoms with Crippen molar-refractivity contribution in [3.05, 3.63) is 39.4 Å². The van der Waals surface area contributed by atoms with Gasteiger partial charge in [0.25, 0.3) is 5.56 Å². The summed E-state index contributed by atoms with van der Waals surface area (Å²) in [6.45, 7) is 1.71. The number of hydrogen-bond acceptors (Lipinski definition) is 3. The number of rotatable bonds is 0. The molecule has 3 heterocycles. The summed E-state index contributed by atoms with van der Waals surface area (Å²) >= 11 is 5.85. The molecule has 16 heavy (non-hydrogen) atoms. The molecule has 3 aromatic heterocycles. The molecule has 0 aliphatic heterocycles. The van der Waals surface area contributed by atoms with Crippen LogP contribution in [-0.4, -0.2) is 19.6 Å². The quantitative estimate of drug-likeness (QED) is 0.642. The molecular formula is C10H7ClN4O. The summed E-state index contributed by atoms with van der Waals surface area (Å²) in [5.74, 6) is 0. The Labute approximate surface area is 94.7 Å². The van der Waals surface area contributed by atoms with Crippen LogP contribution in [0.25, 0.3) is 16.7 Å². The third kappa shape index (κ3) is 1.09. The number of aryl methyl sites for hydroxylation is 1. The van der Waals surface area contributed by atoms with Crippen LogP contribution in [-0.2, 0) is 0 Å². The third-order valence-electron chi connectivity index (χ3n) is 2.46. The van der Waals surface area contributed by atoms with E-state index in [9.17, 15) is 4.79 Å². The monoisotopic (exact) mass is 234 g/mol. The fraction of sp³-hybridized carbons (Fsp3) is 0.100. The summed E-state index contributed by atoms with van der Waals surface area (Å²) in [5.41, 5.74) is 1.39. The van der Waals surface area contributed by atoms with Gasteiger partial charge in [-0.05, 0) is 19.1 Å². The molecule has 0 bridgehead atoms. The number of H-pyrrole nitrogens is 1. The Morgan fingerprint density at radius 1 is 1.50 bits per heavy atom. The number of aromatic amines is 1. The maximum Gasteiger partial charge on any atom is 0.291 e. The molecule has 0 spiro atoms. The number of aromatic nitrogens is 4. The first kappa shape index (κ1) is 9.35. The summed E-state index contributed by atoms with van der Waals surface area (Å²) in [4.78, 5) is 20.3. The fourth-order valence-corrected chi connectivity index (χ4v) is 1.80. The van der Waals surface area contributed by atoms with E-state index in [0.29, 0.717) is 17.0 Å². The highest BCUT2D eigenvalue weighted by Crippen LogP contribution is 2.16. The van der Waals surface area contributed by atoms with Gasteiger partial charge in [-0.1, -0.05) is 11.6 Å². The van der Waals surface area contributed by atoms with Crippen molar-refractivity contribution in [2.45, 2.75) is 6.92 Å². The largest absolute Gasteiger partial charge is 0.291 e. The van der Waals surface area contributed by atoms with Crippen molar-refractivity contribution >= 4 is 28.3 Å². The van der Waals surface area contributed by atoms with Crippen LogP contribution >= 0.6 is 11.6 Å². The van der Waals surface area contributed by atoms with Gasteiger partial charge in [-0.25, -0.2) is 9.97 Å². The summed E-state index contributed by atoms with van der Waals surface area (Å²) < 4.78 is 1.31. The lowest BCUT2D eigenvalue weighted by Crippen LogP contribution is -2.16. The van der Waals surface area contributed by atoms with E-state index in [0.717, 1.165) is 5.39 Å². The van der Waals surface area contributed by atoms with Crippen LogP contribution in [0.4, 0.5) is 0 Å². The lowest BCUT2D eigenvalue weighted by Gasteiger charge is -1.97. The molecule has 0 amide bonds. The molecule has 3 aromatic rings. The van der Waals surface area contributed by atoms with E-state index in [1.54, 1.807) is 19.2 Å². The Hall–Kier alpha value is -1.88. The van der Waals surface area contributed by atoms with E-state index in [4.69, 9.17) is 11.6 Å². The molecule has 0 unspecified atom stereocenters. The van der Waals surface area contributed by atoms with Crippen LogP contribution in [0.2, 0.25) is 5.02 Å². The predicted molar refractivity (Wildman–Crippen MR) is 60.9 cm³/mol. The van der Waals surface area contributed by atoms with Gasteiger partial charge < -0.3 is 0 Å². The van der Waals surface area contributed by atoms with Crippen LogP contribution in [0.5, 0.6) is 0 Å². The Bertz CT molecular complexity index is 758. The van der Waals surface area contributed by atoms with Crippen LogP contribution in [0.3, 0.4) is 0 Å². The number of nitrogens with one attached hydrogen (secondary N) is 1. The van der Waals surface area contributed by atoms with Gasteiger partial charge in [-0.2, -0.15) is 4.52 Å². The molecule has 0 atom stereocenters. The molecule has 0 aromatic carbocycles. The average Bonchev–Trinajstić information content (AvgIpc) is 2.65. The Morgan fingerprint density at radius 3 is 3.12 bits per heavy atom. The summed E-state index contributed by atoms with van der Waals surface area (Å²) in [5, 5.41) is 3.79. The lowest BCUT2D eigenvalue weighted by molar-refractivity contribution is 0.898. The standard InChI is InChI=1S/C10H7ClN4O/c1-5-7(11)10(16)15-9(13-5)6-3-2-4-12-8(6)14-15/h2-4H,1H3,(H,12,14). The van der Waals surface area contributed by atoms with Crippen LogP contribution in [0.15, 0.2) is 23.1 Å². The molecule has 0 radical (unpaired) electrons. The SMILES string of the molecule is Cc1nc2c3cccnc3[nH]n2c(=O)c1Cl. The minimum absolute atomic E-state index is 0.129. The zero-order valence-corrected chi connectivity index (χ0v) is 9.12. The van der Waals surface area contributed by atoms with E-state index in [2.05, 4.69) is 15.1 Å². The summed E-state index contributed by atoms with van der Waals surface area (Å²) in [7, 11) is 0. The number of halogens is 1. The number of hydrogen-bond donors (Lipinski definition) is 1. The van der Waals surface area contributed by atoms with E-state index >= 15 is 0 Å². The Morgan fingerprint density at radius 2 is 2.31 bits per heavy atom. The van der Waals surface area contributed by atoms with Crippen LogP contribution < -0.4 is 5.56 Å². The molecule has 5 nitrogen and oxygen atoms in total. The second kappa shape index (κ2) is 3.05. The van der Waals surface area contributed by atoms with Gasteiger partial charge >= 0.3 is 0 Å². The lowest BCUT2D eigenvalue weighted by atomic mass is 10.3. The molecule has 0 aliphatic carbocycles. The van der Waals surface area contributed by atoms with Gasteiger partial charge in [-0.3, -0.25) is 9.89 Å². The molecule has 0 aliphatic rings. The molecule has 0 saturated carbocycles. The van der Waals surface area contributed by atoms with Gasteiger partial charge in [-0.15, -0.1) is 0 Å². The van der Waals surface area contributed by atoms with Gasteiger partial charge in [0.2, 0.25) is 0 Å². The molecule has 0 fully saturated rings. The Kier molecular flexibility index (Phi) is 1.79. The zero-order valence-electron chi connectivity index (χ0n) is 8.36. The summed E-state index contributed by atoms with van der Waals surface area (Å²) in [6.07, 6.45) is 1.65. The van der Waals surface area contributed by atoms with Crippen molar-refractivity contribution < 1.29 is 0 Å². The van der Waals surface area contributed by atoms with Crippen molar-refractivity contribution in [2.75, 3.05) is 0 Å². The molecule has 0 saturated heterocycles. The smallest absolute Gasteiger partial charge is 0.272 e. The topological polar surface area (TPSA) is 63.1 Å². The maximum absolute atomic E-state index is 11.9.